The lowest BCUT2D eigenvalue weighted by atomic mass is 10.5. The third-order valence-corrected chi connectivity index (χ3v) is 2.24. The minimum atomic E-state index is -0.0390. The van der Waals surface area contributed by atoms with Gasteiger partial charge in [-0.1, -0.05) is 0 Å². The number of anilines is 3. The molecule has 0 aromatic carbocycles. The van der Waals surface area contributed by atoms with Crippen molar-refractivity contribution in [1.82, 2.24) is 19.9 Å². The van der Waals surface area contributed by atoms with Gasteiger partial charge in [0, 0.05) is 35.2 Å². The van der Waals surface area contributed by atoms with Crippen LogP contribution in [0, 0.1) is 0 Å². The predicted octanol–water partition coefficient (Wildman–Crippen LogP) is -0.956. The molecule has 0 saturated heterocycles. The Bertz CT molecular complexity index is 432. The molecule has 8 nitrogen and oxygen atoms in total. The molecule has 0 atom stereocenters. The zero-order valence-electron chi connectivity index (χ0n) is 11.4. The molecular weight excluding hydrogens is 234 g/mol. The van der Waals surface area contributed by atoms with Gasteiger partial charge in [-0.25, -0.2) is 0 Å². The maximum Gasteiger partial charge on any atom is 0.241 e. The van der Waals surface area contributed by atoms with Gasteiger partial charge in [-0.05, 0) is 0 Å². The monoisotopic (exact) mass is 253 g/mol. The van der Waals surface area contributed by atoms with Crippen LogP contribution in [0.2, 0.25) is 0 Å². The second-order valence-electron chi connectivity index (χ2n) is 4.33. The van der Waals surface area contributed by atoms with E-state index in [0.717, 1.165) is 0 Å². The molecule has 8 heteroatoms. The van der Waals surface area contributed by atoms with E-state index < -0.39 is 0 Å². The average molecular weight is 253 g/mol. The number of nitrogens with two attached hydrogens (primary N) is 1. The number of carbonyl (C=O) groups is 1. The van der Waals surface area contributed by atoms with Crippen LogP contribution < -0.4 is 15.5 Å². The lowest BCUT2D eigenvalue weighted by Gasteiger charge is -2.20. The topological polar surface area (TPSA) is 91.5 Å². The van der Waals surface area contributed by atoms with Crippen molar-refractivity contribution in [2.45, 2.75) is 0 Å². The largest absolute Gasteiger partial charge is 0.368 e. The molecule has 1 heterocycles. The lowest BCUT2D eigenvalue weighted by molar-refractivity contribution is -0.127. The molecule has 0 unspecified atom stereocenters. The Morgan fingerprint density at radius 1 is 1.06 bits per heavy atom. The van der Waals surface area contributed by atoms with Gasteiger partial charge in [0.25, 0.3) is 0 Å². The van der Waals surface area contributed by atoms with E-state index in [1.54, 1.807) is 30.9 Å². The summed E-state index contributed by atoms with van der Waals surface area (Å²) in [6.07, 6.45) is 0. The number of amides is 1. The van der Waals surface area contributed by atoms with E-state index in [9.17, 15) is 4.79 Å². The van der Waals surface area contributed by atoms with Gasteiger partial charge in [0.15, 0.2) is 0 Å². The Balaban J connectivity index is 2.92. The Morgan fingerprint density at radius 3 is 2.11 bits per heavy atom. The fourth-order valence-corrected chi connectivity index (χ4v) is 1.16. The fraction of sp³-hybridized carbons (Fsp3) is 0.600. The number of nitrogens with zero attached hydrogens (tertiary/aromatic N) is 6. The van der Waals surface area contributed by atoms with Gasteiger partial charge in [-0.15, -0.1) is 0 Å². The van der Waals surface area contributed by atoms with E-state index in [2.05, 4.69) is 15.0 Å². The predicted molar refractivity (Wildman–Crippen MR) is 70.5 cm³/mol. The van der Waals surface area contributed by atoms with Crippen molar-refractivity contribution in [2.75, 3.05) is 57.3 Å². The van der Waals surface area contributed by atoms with Gasteiger partial charge >= 0.3 is 0 Å². The first-order valence-electron chi connectivity index (χ1n) is 5.41. The summed E-state index contributed by atoms with van der Waals surface area (Å²) in [6, 6.07) is 0. The van der Waals surface area contributed by atoms with Crippen molar-refractivity contribution < 1.29 is 4.79 Å². The molecule has 0 bridgehead atoms. The number of nitrogen functional groups attached to an aromatic ring is 1. The maximum absolute atomic E-state index is 11.6. The first-order chi connectivity index (χ1) is 8.31. The molecule has 1 amide bonds. The molecule has 18 heavy (non-hydrogen) atoms. The Kier molecular flexibility index (Phi) is 4.24. The average Bonchev–Trinajstić information content (AvgIpc) is 2.27. The number of aromatic nitrogens is 3. The molecule has 0 spiro atoms. The molecule has 100 valence electrons. The van der Waals surface area contributed by atoms with Crippen molar-refractivity contribution >= 4 is 23.8 Å². The second-order valence-corrected chi connectivity index (χ2v) is 4.33. The summed E-state index contributed by atoms with van der Waals surface area (Å²) in [7, 11) is 8.75. The standard InChI is InChI=1S/C10H19N7O/c1-15(2)7(18)6-17(5)10-13-8(11)12-9(14-10)16(3)4/h6H2,1-5H3,(H2,11,12,13,14). The van der Waals surface area contributed by atoms with E-state index >= 15 is 0 Å². The molecule has 0 saturated carbocycles. The SMILES string of the molecule is CN(C)C(=O)CN(C)c1nc(N)nc(N(C)C)n1. The second kappa shape index (κ2) is 5.48. The Hall–Kier alpha value is -2.12. The quantitative estimate of drug-likeness (QED) is 0.739. The number of hydrogen-bond donors (Lipinski definition) is 1. The molecule has 0 radical (unpaired) electrons. The normalized spacial score (nSPS) is 10.1. The van der Waals surface area contributed by atoms with E-state index in [1.807, 2.05) is 14.1 Å². The molecule has 0 aliphatic heterocycles. The highest BCUT2D eigenvalue weighted by molar-refractivity contribution is 5.80. The molecule has 0 aliphatic rings. The van der Waals surface area contributed by atoms with Crippen LogP contribution in [0.1, 0.15) is 0 Å². The van der Waals surface area contributed by atoms with E-state index in [-0.39, 0.29) is 18.4 Å². The maximum atomic E-state index is 11.6. The van der Waals surface area contributed by atoms with Gasteiger partial charge in [-0.2, -0.15) is 15.0 Å². The van der Waals surface area contributed by atoms with Gasteiger partial charge in [-0.3, -0.25) is 4.79 Å². The zero-order valence-corrected chi connectivity index (χ0v) is 11.4. The summed E-state index contributed by atoms with van der Waals surface area (Å²) in [5.74, 6) is 0.929. The van der Waals surface area contributed by atoms with Crippen molar-refractivity contribution in [1.29, 1.82) is 0 Å². The van der Waals surface area contributed by atoms with Gasteiger partial charge < -0.3 is 20.4 Å². The van der Waals surface area contributed by atoms with Gasteiger partial charge in [0.05, 0.1) is 6.54 Å². The summed E-state index contributed by atoms with van der Waals surface area (Å²) < 4.78 is 0. The minimum absolute atomic E-state index is 0.0390. The number of carbonyl (C=O) groups excluding carboxylic acids is 1. The number of hydrogen-bond acceptors (Lipinski definition) is 7. The fourth-order valence-electron chi connectivity index (χ4n) is 1.16. The summed E-state index contributed by atoms with van der Waals surface area (Å²) in [4.78, 5) is 28.7. The van der Waals surface area contributed by atoms with Crippen LogP contribution in [0.5, 0.6) is 0 Å². The van der Waals surface area contributed by atoms with Crippen LogP contribution >= 0.6 is 0 Å². The highest BCUT2D eigenvalue weighted by Gasteiger charge is 2.14. The van der Waals surface area contributed by atoms with Crippen molar-refractivity contribution in [3.63, 3.8) is 0 Å². The number of rotatable bonds is 4. The highest BCUT2D eigenvalue weighted by atomic mass is 16.2. The zero-order chi connectivity index (χ0) is 13.9. The van der Waals surface area contributed by atoms with Gasteiger partial charge in [0.2, 0.25) is 23.8 Å². The molecule has 1 aromatic heterocycles. The van der Waals surface area contributed by atoms with Crippen LogP contribution in [0.25, 0.3) is 0 Å². The van der Waals surface area contributed by atoms with Crippen LogP contribution in [0.15, 0.2) is 0 Å². The summed E-state index contributed by atoms with van der Waals surface area (Å²) >= 11 is 0. The first-order valence-corrected chi connectivity index (χ1v) is 5.41. The van der Waals surface area contributed by atoms with E-state index in [0.29, 0.717) is 11.9 Å². The third-order valence-electron chi connectivity index (χ3n) is 2.24. The molecule has 1 rings (SSSR count). The minimum Gasteiger partial charge on any atom is -0.368 e. The summed E-state index contributed by atoms with van der Waals surface area (Å²) in [5, 5.41) is 0. The third kappa shape index (κ3) is 3.44. The highest BCUT2D eigenvalue weighted by Crippen LogP contribution is 2.12. The molecule has 2 N–H and O–H groups in total. The molecule has 0 fully saturated rings. The smallest absolute Gasteiger partial charge is 0.241 e. The Morgan fingerprint density at radius 2 is 1.61 bits per heavy atom. The van der Waals surface area contributed by atoms with Crippen molar-refractivity contribution in [3.05, 3.63) is 0 Å². The van der Waals surface area contributed by atoms with Gasteiger partial charge in [0.1, 0.15) is 0 Å². The van der Waals surface area contributed by atoms with Crippen molar-refractivity contribution in [3.8, 4) is 0 Å². The van der Waals surface area contributed by atoms with Crippen LogP contribution in [-0.2, 0) is 4.79 Å². The first kappa shape index (κ1) is 13.9. The van der Waals surface area contributed by atoms with E-state index in [4.69, 9.17) is 5.73 Å². The lowest BCUT2D eigenvalue weighted by Crippen LogP contribution is -2.35. The van der Waals surface area contributed by atoms with Crippen molar-refractivity contribution in [2.24, 2.45) is 0 Å². The molecule has 0 aliphatic carbocycles. The van der Waals surface area contributed by atoms with Crippen LogP contribution in [0.4, 0.5) is 17.8 Å². The molecular formula is C10H19N7O. The number of likely N-dealkylation sites (N-methyl/N-ethyl adjacent to an activating group) is 2. The molecule has 1 aromatic rings. The van der Waals surface area contributed by atoms with Crippen LogP contribution in [-0.4, -0.2) is 67.5 Å². The summed E-state index contributed by atoms with van der Waals surface area (Å²) in [6.45, 7) is 0.184. The Labute approximate surface area is 106 Å². The van der Waals surface area contributed by atoms with E-state index in [1.165, 1.54) is 4.90 Å². The summed E-state index contributed by atoms with van der Waals surface area (Å²) in [5.41, 5.74) is 5.61. The van der Waals surface area contributed by atoms with Crippen LogP contribution in [0.3, 0.4) is 0 Å².